The van der Waals surface area contributed by atoms with Crippen LogP contribution < -0.4 is 5.32 Å². The van der Waals surface area contributed by atoms with E-state index in [1.165, 1.54) is 23.3 Å². The number of nitrogens with zero attached hydrogens (tertiary/aromatic N) is 1. The summed E-state index contributed by atoms with van der Waals surface area (Å²) in [4.78, 5) is 11.7. The first kappa shape index (κ1) is 10.6. The average Bonchev–Trinajstić information content (AvgIpc) is 3.05. The van der Waals surface area contributed by atoms with Gasteiger partial charge in [-0.05, 0) is 48.8 Å². The Morgan fingerprint density at radius 1 is 1.53 bits per heavy atom. The largest absolute Gasteiger partial charge is 0.316 e. The van der Waals surface area contributed by atoms with Gasteiger partial charge in [-0.25, -0.2) is 0 Å². The minimum Gasteiger partial charge on any atom is -0.316 e. The van der Waals surface area contributed by atoms with Crippen LogP contribution in [0.4, 0.5) is 5.69 Å². The van der Waals surface area contributed by atoms with Gasteiger partial charge in [-0.15, -0.1) is 16.7 Å². The highest BCUT2D eigenvalue weighted by molar-refractivity contribution is 8.00. The Morgan fingerprint density at radius 3 is 2.93 bits per heavy atom. The quantitative estimate of drug-likeness (QED) is 0.778. The minimum absolute atomic E-state index is 0.514. The van der Waals surface area contributed by atoms with Crippen molar-refractivity contribution >= 4 is 17.4 Å². The predicted octanol–water partition coefficient (Wildman–Crippen LogP) is 3.06. The molecule has 0 saturated heterocycles. The normalized spacial score (nSPS) is 15.3. The van der Waals surface area contributed by atoms with Gasteiger partial charge < -0.3 is 5.32 Å². The van der Waals surface area contributed by atoms with E-state index in [9.17, 15) is 4.91 Å². The third-order valence-electron chi connectivity index (χ3n) is 2.33. The highest BCUT2D eigenvalue weighted by Gasteiger charge is 2.23. The smallest absolute Gasteiger partial charge is 0.108 e. The summed E-state index contributed by atoms with van der Waals surface area (Å²) >= 11 is 1.91. The van der Waals surface area contributed by atoms with Gasteiger partial charge in [0, 0.05) is 16.7 Å². The third kappa shape index (κ3) is 2.79. The third-order valence-corrected chi connectivity index (χ3v) is 3.79. The first-order valence-corrected chi connectivity index (χ1v) is 5.99. The molecule has 1 aromatic rings. The van der Waals surface area contributed by atoms with E-state index in [1.807, 2.05) is 30.9 Å². The van der Waals surface area contributed by atoms with Crippen molar-refractivity contribution in [2.45, 2.75) is 29.5 Å². The predicted molar refractivity (Wildman–Crippen MR) is 63.5 cm³/mol. The van der Waals surface area contributed by atoms with Gasteiger partial charge in [0.2, 0.25) is 0 Å². The fourth-order valence-electron chi connectivity index (χ4n) is 1.43. The van der Waals surface area contributed by atoms with Crippen molar-refractivity contribution < 1.29 is 0 Å². The fraction of sp³-hybridized carbons (Fsp3) is 0.455. The fourth-order valence-corrected chi connectivity index (χ4v) is 2.59. The summed E-state index contributed by atoms with van der Waals surface area (Å²) < 4.78 is 0. The molecule has 0 aromatic heterocycles. The first-order valence-electron chi connectivity index (χ1n) is 5.11. The van der Waals surface area contributed by atoms with E-state index in [2.05, 4.69) is 10.5 Å². The van der Waals surface area contributed by atoms with Crippen LogP contribution in [0.5, 0.6) is 0 Å². The van der Waals surface area contributed by atoms with Gasteiger partial charge in [0.05, 0.1) is 0 Å². The van der Waals surface area contributed by atoms with Gasteiger partial charge in [0.15, 0.2) is 0 Å². The Bertz CT molecular complexity index is 364. The van der Waals surface area contributed by atoms with Crippen LogP contribution in [0.3, 0.4) is 0 Å². The number of nitrogens with one attached hydrogen (secondary N) is 1. The lowest BCUT2D eigenvalue weighted by atomic mass is 10.2. The molecule has 15 heavy (non-hydrogen) atoms. The number of hydrogen-bond acceptors (Lipinski definition) is 4. The van der Waals surface area contributed by atoms with Crippen LogP contribution >= 0.6 is 11.8 Å². The monoisotopic (exact) mass is 222 g/mol. The van der Waals surface area contributed by atoms with Crippen molar-refractivity contribution in [1.82, 2.24) is 5.32 Å². The van der Waals surface area contributed by atoms with E-state index in [1.54, 1.807) is 6.07 Å². The Morgan fingerprint density at radius 2 is 2.33 bits per heavy atom. The second kappa shape index (κ2) is 4.77. The molecule has 0 spiro atoms. The summed E-state index contributed by atoms with van der Waals surface area (Å²) in [5.74, 6) is 0. The summed E-state index contributed by atoms with van der Waals surface area (Å²) in [5.41, 5.74) is 1.69. The molecule has 0 heterocycles. The van der Waals surface area contributed by atoms with Crippen molar-refractivity contribution in [1.29, 1.82) is 0 Å². The summed E-state index contributed by atoms with van der Waals surface area (Å²) in [6, 6.07) is 5.66. The van der Waals surface area contributed by atoms with E-state index in [-0.39, 0.29) is 0 Å². The summed E-state index contributed by atoms with van der Waals surface area (Å²) in [7, 11) is 1.91. The minimum atomic E-state index is 0.514. The molecule has 1 aliphatic carbocycles. The zero-order valence-electron chi connectivity index (χ0n) is 8.69. The van der Waals surface area contributed by atoms with E-state index in [0.29, 0.717) is 5.69 Å². The number of rotatable bonds is 5. The Hall–Kier alpha value is -0.870. The Balaban J connectivity index is 2.21. The molecule has 1 fully saturated rings. The zero-order valence-corrected chi connectivity index (χ0v) is 9.51. The van der Waals surface area contributed by atoms with Gasteiger partial charge in [0.1, 0.15) is 5.69 Å². The van der Waals surface area contributed by atoms with Crippen molar-refractivity contribution in [3.8, 4) is 0 Å². The maximum atomic E-state index is 10.4. The van der Waals surface area contributed by atoms with Gasteiger partial charge in [-0.1, -0.05) is 0 Å². The molecule has 80 valence electrons. The molecule has 0 aliphatic heterocycles. The lowest BCUT2D eigenvalue weighted by molar-refractivity contribution is 0.803. The topological polar surface area (TPSA) is 41.5 Å². The number of nitroso groups, excluding NO2 is 1. The van der Waals surface area contributed by atoms with E-state index < -0.39 is 0 Å². The van der Waals surface area contributed by atoms with Gasteiger partial charge in [-0.3, -0.25) is 0 Å². The molecule has 1 aliphatic rings. The summed E-state index contributed by atoms with van der Waals surface area (Å²) in [6.45, 7) is 0.790. The molecule has 3 nitrogen and oxygen atoms in total. The molecule has 0 radical (unpaired) electrons. The van der Waals surface area contributed by atoms with Crippen LogP contribution in [-0.4, -0.2) is 12.3 Å². The number of hydrogen-bond donors (Lipinski definition) is 1. The first-order chi connectivity index (χ1) is 7.33. The molecule has 2 rings (SSSR count). The molecule has 1 saturated carbocycles. The maximum Gasteiger partial charge on any atom is 0.108 e. The highest BCUT2D eigenvalue weighted by atomic mass is 32.2. The van der Waals surface area contributed by atoms with Gasteiger partial charge >= 0.3 is 0 Å². The molecule has 0 atom stereocenters. The van der Waals surface area contributed by atoms with Crippen LogP contribution in [0.2, 0.25) is 0 Å². The summed E-state index contributed by atoms with van der Waals surface area (Å²) in [5, 5.41) is 6.86. The molecule has 0 unspecified atom stereocenters. The average molecular weight is 222 g/mol. The van der Waals surface area contributed by atoms with Crippen molar-refractivity contribution in [3.63, 3.8) is 0 Å². The van der Waals surface area contributed by atoms with Crippen LogP contribution in [0.1, 0.15) is 18.4 Å². The Kier molecular flexibility index (Phi) is 3.38. The van der Waals surface area contributed by atoms with E-state index in [4.69, 9.17) is 0 Å². The standard InChI is InChI=1S/C11H14N2OS/c1-12-7-8-6-9(13-14)2-5-11(8)15-10-3-4-10/h2,5-6,10,12H,3-4,7H2,1H3. The highest BCUT2D eigenvalue weighted by Crippen LogP contribution is 2.41. The van der Waals surface area contributed by atoms with Gasteiger partial charge in [-0.2, -0.15) is 0 Å². The summed E-state index contributed by atoms with van der Waals surface area (Å²) in [6.07, 6.45) is 2.63. The molecule has 1 aromatic carbocycles. The zero-order chi connectivity index (χ0) is 10.7. The molecular weight excluding hydrogens is 208 g/mol. The SMILES string of the molecule is CNCc1cc(N=O)ccc1SC1CC1. The van der Waals surface area contributed by atoms with Crippen molar-refractivity contribution in [3.05, 3.63) is 28.7 Å². The molecule has 0 amide bonds. The molecule has 4 heteroatoms. The second-order valence-electron chi connectivity index (χ2n) is 3.73. The van der Waals surface area contributed by atoms with Crippen molar-refractivity contribution in [2.24, 2.45) is 5.18 Å². The van der Waals surface area contributed by atoms with E-state index >= 15 is 0 Å². The Labute approximate surface area is 93.6 Å². The number of benzene rings is 1. The molecule has 0 bridgehead atoms. The van der Waals surface area contributed by atoms with Crippen LogP contribution in [0.25, 0.3) is 0 Å². The number of thioether (sulfide) groups is 1. The molecular formula is C11H14N2OS. The maximum absolute atomic E-state index is 10.4. The van der Waals surface area contributed by atoms with E-state index in [0.717, 1.165) is 11.8 Å². The lowest BCUT2D eigenvalue weighted by Crippen LogP contribution is -2.06. The van der Waals surface area contributed by atoms with Crippen molar-refractivity contribution in [2.75, 3.05) is 7.05 Å². The van der Waals surface area contributed by atoms with Gasteiger partial charge in [0.25, 0.3) is 0 Å². The van der Waals surface area contributed by atoms with Crippen LogP contribution in [0, 0.1) is 4.91 Å². The van der Waals surface area contributed by atoms with Crippen LogP contribution in [-0.2, 0) is 6.54 Å². The second-order valence-corrected chi connectivity index (χ2v) is 5.07. The van der Waals surface area contributed by atoms with Crippen LogP contribution in [0.15, 0.2) is 28.3 Å². The molecule has 1 N–H and O–H groups in total. The lowest BCUT2D eigenvalue weighted by Gasteiger charge is -2.08.